The van der Waals surface area contributed by atoms with Gasteiger partial charge in [-0.1, -0.05) is 0 Å². The van der Waals surface area contributed by atoms with Crippen molar-refractivity contribution in [3.05, 3.63) is 0 Å². The topological polar surface area (TPSA) is 63.3 Å². The Morgan fingerprint density at radius 1 is 1.36 bits per heavy atom. The number of carbonyl (C=O) groups is 1. The van der Waals surface area contributed by atoms with Gasteiger partial charge in [0.05, 0.1) is 5.92 Å². The average Bonchev–Trinajstić information content (AvgIpc) is 2.03. The molecule has 0 amide bonds. The summed E-state index contributed by atoms with van der Waals surface area (Å²) < 4.78 is 37.1. The van der Waals surface area contributed by atoms with Gasteiger partial charge in [0, 0.05) is 0 Å². The van der Waals surface area contributed by atoms with E-state index in [0.717, 1.165) is 0 Å². The number of rotatable bonds is 1. The van der Waals surface area contributed by atoms with Crippen LogP contribution in [0.5, 0.6) is 0 Å². The normalized spacial score (nSPS) is 34.1. The summed E-state index contributed by atoms with van der Waals surface area (Å²) in [5.41, 5.74) is 3.00. The zero-order valence-electron chi connectivity index (χ0n) is 7.47. The molecule has 0 bridgehead atoms. The first-order chi connectivity index (χ1) is 6.26. The van der Waals surface area contributed by atoms with E-state index in [1.165, 1.54) is 0 Å². The van der Waals surface area contributed by atoms with Crippen LogP contribution in [0.4, 0.5) is 13.2 Å². The van der Waals surface area contributed by atoms with Gasteiger partial charge in [0.1, 0.15) is 5.54 Å². The van der Waals surface area contributed by atoms with Gasteiger partial charge in [-0.25, -0.2) is 0 Å². The summed E-state index contributed by atoms with van der Waals surface area (Å²) in [5, 5.41) is 8.59. The lowest BCUT2D eigenvalue weighted by Gasteiger charge is -2.37. The van der Waals surface area contributed by atoms with Crippen molar-refractivity contribution < 1.29 is 23.1 Å². The molecule has 0 unspecified atom stereocenters. The van der Waals surface area contributed by atoms with Crippen molar-refractivity contribution in [1.29, 1.82) is 0 Å². The summed E-state index contributed by atoms with van der Waals surface area (Å²) in [4.78, 5) is 10.5. The molecule has 1 saturated carbocycles. The number of aliphatic carboxylic acids is 1. The standard InChI is InChI=1S/C8H12F3NO2/c9-8(10,11)7(12)3-1-5(2-4-7)6(13)14/h5H,1-4,12H2,(H,13,14). The number of hydrogen-bond acceptors (Lipinski definition) is 2. The molecule has 0 atom stereocenters. The number of carboxylic acids is 1. The van der Waals surface area contributed by atoms with Gasteiger partial charge in [0.2, 0.25) is 0 Å². The summed E-state index contributed by atoms with van der Waals surface area (Å²) in [6.45, 7) is 0. The number of halogens is 3. The third-order valence-corrected chi connectivity index (χ3v) is 2.79. The van der Waals surface area contributed by atoms with Crippen molar-refractivity contribution >= 4 is 5.97 Å². The third-order valence-electron chi connectivity index (χ3n) is 2.79. The molecule has 0 saturated heterocycles. The van der Waals surface area contributed by atoms with E-state index in [2.05, 4.69) is 0 Å². The number of alkyl halides is 3. The van der Waals surface area contributed by atoms with Crippen molar-refractivity contribution in [3.8, 4) is 0 Å². The van der Waals surface area contributed by atoms with Gasteiger partial charge in [-0.2, -0.15) is 13.2 Å². The van der Waals surface area contributed by atoms with Crippen LogP contribution in [0.2, 0.25) is 0 Å². The second-order valence-electron chi connectivity index (χ2n) is 3.77. The van der Waals surface area contributed by atoms with Crippen LogP contribution in [0.1, 0.15) is 25.7 Å². The lowest BCUT2D eigenvalue weighted by molar-refractivity contribution is -0.197. The molecular weight excluding hydrogens is 199 g/mol. The molecule has 3 N–H and O–H groups in total. The fraction of sp³-hybridized carbons (Fsp3) is 0.875. The van der Waals surface area contributed by atoms with Crippen molar-refractivity contribution in [3.63, 3.8) is 0 Å². The second-order valence-corrected chi connectivity index (χ2v) is 3.77. The smallest absolute Gasteiger partial charge is 0.406 e. The molecule has 0 aliphatic heterocycles. The maximum Gasteiger partial charge on any atom is 0.406 e. The molecule has 0 heterocycles. The van der Waals surface area contributed by atoms with E-state index in [4.69, 9.17) is 10.8 Å². The SMILES string of the molecule is NC1(C(F)(F)F)CCC(C(=O)O)CC1. The molecule has 82 valence electrons. The quantitative estimate of drug-likeness (QED) is 0.691. The van der Waals surface area contributed by atoms with Gasteiger partial charge in [-0.15, -0.1) is 0 Å². The Labute approximate surface area is 79.1 Å². The van der Waals surface area contributed by atoms with Crippen molar-refractivity contribution in [2.24, 2.45) is 11.7 Å². The van der Waals surface area contributed by atoms with E-state index in [9.17, 15) is 18.0 Å². The van der Waals surface area contributed by atoms with E-state index in [-0.39, 0.29) is 25.7 Å². The van der Waals surface area contributed by atoms with Crippen molar-refractivity contribution in [1.82, 2.24) is 0 Å². The third kappa shape index (κ3) is 2.00. The number of nitrogens with two attached hydrogens (primary N) is 1. The van der Waals surface area contributed by atoms with Crippen LogP contribution >= 0.6 is 0 Å². The minimum atomic E-state index is -4.43. The Bertz CT molecular complexity index is 231. The van der Waals surface area contributed by atoms with E-state index >= 15 is 0 Å². The van der Waals surface area contributed by atoms with Gasteiger partial charge in [0.25, 0.3) is 0 Å². The summed E-state index contributed by atoms with van der Waals surface area (Å²) in [7, 11) is 0. The molecule has 1 aliphatic carbocycles. The largest absolute Gasteiger partial charge is 0.481 e. The van der Waals surface area contributed by atoms with Gasteiger partial charge in [-0.3, -0.25) is 4.79 Å². The maximum atomic E-state index is 12.4. The van der Waals surface area contributed by atoms with Crippen LogP contribution < -0.4 is 5.73 Å². The van der Waals surface area contributed by atoms with E-state index in [1.807, 2.05) is 0 Å². The highest BCUT2D eigenvalue weighted by Gasteiger charge is 2.53. The Morgan fingerprint density at radius 3 is 2.07 bits per heavy atom. The predicted octanol–water partition coefficient (Wildman–Crippen LogP) is 1.52. The highest BCUT2D eigenvalue weighted by Crippen LogP contribution is 2.41. The van der Waals surface area contributed by atoms with Crippen LogP contribution in [0.3, 0.4) is 0 Å². The van der Waals surface area contributed by atoms with Gasteiger partial charge in [0.15, 0.2) is 0 Å². The van der Waals surface area contributed by atoms with E-state index in [1.54, 1.807) is 0 Å². The Morgan fingerprint density at radius 2 is 1.79 bits per heavy atom. The Kier molecular flexibility index (Phi) is 2.76. The van der Waals surface area contributed by atoms with Gasteiger partial charge in [-0.05, 0) is 25.7 Å². The zero-order valence-corrected chi connectivity index (χ0v) is 7.47. The lowest BCUT2D eigenvalue weighted by atomic mass is 9.77. The number of carboxylic acid groups (broad SMARTS) is 1. The molecular formula is C8H12F3NO2. The summed E-state index contributed by atoms with van der Waals surface area (Å²) in [6.07, 6.45) is -5.02. The summed E-state index contributed by atoms with van der Waals surface area (Å²) in [6, 6.07) is 0. The predicted molar refractivity (Wildman–Crippen MR) is 42.6 cm³/mol. The molecule has 0 aromatic heterocycles. The molecule has 1 aliphatic rings. The molecule has 0 spiro atoms. The molecule has 1 rings (SSSR count). The van der Waals surface area contributed by atoms with Gasteiger partial charge < -0.3 is 10.8 Å². The first kappa shape index (κ1) is 11.3. The Balaban J connectivity index is 2.62. The first-order valence-corrected chi connectivity index (χ1v) is 4.35. The molecule has 14 heavy (non-hydrogen) atoms. The van der Waals surface area contributed by atoms with Crippen LogP contribution in [0.25, 0.3) is 0 Å². The van der Waals surface area contributed by atoms with Crippen LogP contribution in [0.15, 0.2) is 0 Å². The second kappa shape index (κ2) is 3.42. The maximum absolute atomic E-state index is 12.4. The van der Waals surface area contributed by atoms with Crippen molar-refractivity contribution in [2.45, 2.75) is 37.4 Å². The van der Waals surface area contributed by atoms with Crippen LogP contribution in [0, 0.1) is 5.92 Å². The monoisotopic (exact) mass is 211 g/mol. The van der Waals surface area contributed by atoms with Crippen LogP contribution in [-0.2, 0) is 4.79 Å². The highest BCUT2D eigenvalue weighted by molar-refractivity contribution is 5.70. The molecule has 0 aromatic rings. The number of hydrogen-bond donors (Lipinski definition) is 2. The zero-order chi connectivity index (χ0) is 11.0. The fourth-order valence-corrected chi connectivity index (χ4v) is 1.66. The molecule has 1 fully saturated rings. The molecule has 0 radical (unpaired) electrons. The highest BCUT2D eigenvalue weighted by atomic mass is 19.4. The first-order valence-electron chi connectivity index (χ1n) is 4.35. The minimum Gasteiger partial charge on any atom is -0.481 e. The van der Waals surface area contributed by atoms with E-state index in [0.29, 0.717) is 0 Å². The minimum absolute atomic E-state index is 0.00530. The van der Waals surface area contributed by atoms with Crippen LogP contribution in [-0.4, -0.2) is 22.8 Å². The molecule has 0 aromatic carbocycles. The van der Waals surface area contributed by atoms with Gasteiger partial charge >= 0.3 is 12.1 Å². The lowest BCUT2D eigenvalue weighted by Crippen LogP contribution is -2.55. The molecule has 3 nitrogen and oxygen atoms in total. The summed E-state index contributed by atoms with van der Waals surface area (Å²) >= 11 is 0. The Hall–Kier alpha value is -0.780. The average molecular weight is 211 g/mol. The molecule has 6 heteroatoms. The fourth-order valence-electron chi connectivity index (χ4n) is 1.66. The van der Waals surface area contributed by atoms with E-state index < -0.39 is 23.6 Å². The van der Waals surface area contributed by atoms with Crippen molar-refractivity contribution in [2.75, 3.05) is 0 Å². The summed E-state index contributed by atoms with van der Waals surface area (Å²) in [5.74, 6) is -1.71.